The second-order valence-electron chi connectivity index (χ2n) is 5.55. The summed E-state index contributed by atoms with van der Waals surface area (Å²) < 4.78 is 0. The van der Waals surface area contributed by atoms with E-state index in [-0.39, 0.29) is 12.5 Å². The molecular weight excluding hydrogens is 252 g/mol. The summed E-state index contributed by atoms with van der Waals surface area (Å²) in [4.78, 5) is 16.2. The van der Waals surface area contributed by atoms with Crippen molar-refractivity contribution in [1.29, 1.82) is 0 Å². The maximum absolute atomic E-state index is 12.4. The maximum atomic E-state index is 12.4. The van der Waals surface area contributed by atoms with Crippen LogP contribution in [0.5, 0.6) is 0 Å². The lowest BCUT2D eigenvalue weighted by molar-refractivity contribution is 0.0473. The van der Waals surface area contributed by atoms with Gasteiger partial charge in [0.1, 0.15) is 0 Å². The Bertz CT molecular complexity index is 436. The van der Waals surface area contributed by atoms with Crippen molar-refractivity contribution in [2.75, 3.05) is 31.6 Å². The number of nitrogens with zero attached hydrogens (tertiary/aromatic N) is 2. The van der Waals surface area contributed by atoms with E-state index in [0.29, 0.717) is 5.56 Å². The monoisotopic (exact) mass is 278 g/mol. The third-order valence-electron chi connectivity index (χ3n) is 3.84. The molecule has 1 aromatic carbocycles. The van der Waals surface area contributed by atoms with Gasteiger partial charge in [0.25, 0.3) is 5.91 Å². The molecule has 0 heterocycles. The Morgan fingerprint density at radius 3 is 2.05 bits per heavy atom. The molecular formula is C16H26N2O2. The predicted octanol–water partition coefficient (Wildman–Crippen LogP) is 2.38. The van der Waals surface area contributed by atoms with Gasteiger partial charge in [0.05, 0.1) is 12.1 Å². The minimum Gasteiger partial charge on any atom is -0.394 e. The van der Waals surface area contributed by atoms with E-state index in [9.17, 15) is 9.90 Å². The van der Waals surface area contributed by atoms with Crippen molar-refractivity contribution < 1.29 is 9.90 Å². The van der Waals surface area contributed by atoms with Gasteiger partial charge in [-0.15, -0.1) is 0 Å². The summed E-state index contributed by atoms with van der Waals surface area (Å²) in [5.41, 5.74) is 1.20. The Kier molecular flexibility index (Phi) is 5.57. The fourth-order valence-electron chi connectivity index (χ4n) is 1.98. The Morgan fingerprint density at radius 1 is 1.15 bits per heavy atom. The highest BCUT2D eigenvalue weighted by atomic mass is 16.3. The number of hydrogen-bond acceptors (Lipinski definition) is 3. The number of aliphatic hydroxyl groups excluding tert-OH is 1. The molecule has 0 bridgehead atoms. The number of likely N-dealkylation sites (N-methyl/N-ethyl adjacent to an activating group) is 1. The molecule has 0 aliphatic rings. The topological polar surface area (TPSA) is 43.8 Å². The average Bonchev–Trinajstić information content (AvgIpc) is 2.47. The molecule has 0 spiro atoms. The van der Waals surface area contributed by atoms with Gasteiger partial charge in [0.15, 0.2) is 0 Å². The summed E-state index contributed by atoms with van der Waals surface area (Å²) in [6, 6.07) is 7.64. The number of amides is 1. The fourth-order valence-corrected chi connectivity index (χ4v) is 1.98. The van der Waals surface area contributed by atoms with Crippen LogP contribution in [0.2, 0.25) is 0 Å². The number of anilines is 1. The average molecular weight is 278 g/mol. The molecule has 1 amide bonds. The number of benzene rings is 1. The van der Waals surface area contributed by atoms with E-state index in [1.54, 1.807) is 11.9 Å². The first-order chi connectivity index (χ1) is 9.37. The van der Waals surface area contributed by atoms with E-state index in [1.165, 1.54) is 0 Å². The van der Waals surface area contributed by atoms with Gasteiger partial charge in [-0.25, -0.2) is 0 Å². The quantitative estimate of drug-likeness (QED) is 0.869. The third-order valence-corrected chi connectivity index (χ3v) is 3.84. The van der Waals surface area contributed by atoms with Gasteiger partial charge in [-0.2, -0.15) is 0 Å². The van der Waals surface area contributed by atoms with Crippen LogP contribution in [0, 0.1) is 0 Å². The van der Waals surface area contributed by atoms with Crippen LogP contribution in [0.3, 0.4) is 0 Å². The first-order valence-corrected chi connectivity index (χ1v) is 7.11. The Balaban J connectivity index is 2.91. The molecule has 112 valence electrons. The normalized spacial score (nSPS) is 11.3. The standard InChI is InChI=1S/C16H26N2O2/c1-6-18(7-2)14-10-8-13(9-11-14)15(20)17(5)16(3,4)12-19/h8-11,19H,6-7,12H2,1-5H3. The van der Waals surface area contributed by atoms with Crippen molar-refractivity contribution in [1.82, 2.24) is 4.90 Å². The van der Waals surface area contributed by atoms with Gasteiger partial charge < -0.3 is 14.9 Å². The van der Waals surface area contributed by atoms with E-state index in [0.717, 1.165) is 18.8 Å². The molecule has 4 heteroatoms. The van der Waals surface area contributed by atoms with E-state index in [2.05, 4.69) is 18.7 Å². The van der Waals surface area contributed by atoms with Crippen molar-refractivity contribution in [2.45, 2.75) is 33.2 Å². The first kappa shape index (κ1) is 16.5. The molecule has 0 aliphatic heterocycles. The Morgan fingerprint density at radius 2 is 1.65 bits per heavy atom. The fraction of sp³-hybridized carbons (Fsp3) is 0.562. The van der Waals surface area contributed by atoms with Crippen molar-refractivity contribution in [3.8, 4) is 0 Å². The van der Waals surface area contributed by atoms with Gasteiger partial charge in [0, 0.05) is 31.4 Å². The van der Waals surface area contributed by atoms with Crippen LogP contribution in [0.4, 0.5) is 5.69 Å². The number of rotatable bonds is 6. The minimum atomic E-state index is -0.561. The lowest BCUT2D eigenvalue weighted by Crippen LogP contribution is -2.47. The molecule has 20 heavy (non-hydrogen) atoms. The van der Waals surface area contributed by atoms with Crippen molar-refractivity contribution in [2.24, 2.45) is 0 Å². The second kappa shape index (κ2) is 6.75. The molecule has 1 rings (SSSR count). The number of carbonyl (C=O) groups excluding carboxylic acids is 1. The van der Waals surface area contributed by atoms with Gasteiger partial charge >= 0.3 is 0 Å². The SMILES string of the molecule is CCN(CC)c1ccc(C(=O)N(C)C(C)(C)CO)cc1. The third kappa shape index (κ3) is 3.51. The van der Waals surface area contributed by atoms with Crippen molar-refractivity contribution in [3.63, 3.8) is 0 Å². The summed E-state index contributed by atoms with van der Waals surface area (Å²) >= 11 is 0. The van der Waals surface area contributed by atoms with Gasteiger partial charge in [-0.3, -0.25) is 4.79 Å². The molecule has 0 saturated carbocycles. The Hall–Kier alpha value is -1.55. The first-order valence-electron chi connectivity index (χ1n) is 7.11. The van der Waals surface area contributed by atoms with Crippen LogP contribution in [0.1, 0.15) is 38.1 Å². The van der Waals surface area contributed by atoms with E-state index in [1.807, 2.05) is 38.1 Å². The minimum absolute atomic E-state index is 0.0627. The van der Waals surface area contributed by atoms with E-state index < -0.39 is 5.54 Å². The smallest absolute Gasteiger partial charge is 0.254 e. The summed E-state index contributed by atoms with van der Waals surface area (Å²) in [6.07, 6.45) is 0. The van der Waals surface area contributed by atoms with Crippen molar-refractivity contribution >= 4 is 11.6 Å². The molecule has 1 N–H and O–H groups in total. The van der Waals surface area contributed by atoms with Crippen LogP contribution in [-0.2, 0) is 0 Å². The van der Waals surface area contributed by atoms with Crippen LogP contribution < -0.4 is 4.90 Å². The van der Waals surface area contributed by atoms with Crippen molar-refractivity contribution in [3.05, 3.63) is 29.8 Å². The zero-order valence-corrected chi connectivity index (χ0v) is 13.2. The van der Waals surface area contributed by atoms with Gasteiger partial charge in [-0.05, 0) is 52.0 Å². The predicted molar refractivity (Wildman–Crippen MR) is 83.3 cm³/mol. The lowest BCUT2D eigenvalue weighted by atomic mass is 10.0. The molecule has 0 saturated heterocycles. The molecule has 0 aliphatic carbocycles. The molecule has 1 aromatic rings. The highest BCUT2D eigenvalue weighted by Crippen LogP contribution is 2.19. The summed E-state index contributed by atoms with van der Waals surface area (Å²) in [5, 5.41) is 9.34. The lowest BCUT2D eigenvalue weighted by Gasteiger charge is -2.34. The zero-order valence-electron chi connectivity index (χ0n) is 13.2. The summed E-state index contributed by atoms with van der Waals surface area (Å²) in [7, 11) is 1.72. The molecule has 0 radical (unpaired) electrons. The second-order valence-corrected chi connectivity index (χ2v) is 5.55. The van der Waals surface area contributed by atoms with E-state index in [4.69, 9.17) is 0 Å². The van der Waals surface area contributed by atoms with Crippen LogP contribution >= 0.6 is 0 Å². The van der Waals surface area contributed by atoms with Gasteiger partial charge in [-0.1, -0.05) is 0 Å². The number of carbonyl (C=O) groups is 1. The number of aliphatic hydroxyl groups is 1. The van der Waals surface area contributed by atoms with E-state index >= 15 is 0 Å². The zero-order chi connectivity index (χ0) is 15.3. The Labute approximate surface area is 122 Å². The molecule has 0 atom stereocenters. The highest BCUT2D eigenvalue weighted by Gasteiger charge is 2.27. The summed E-state index contributed by atoms with van der Waals surface area (Å²) in [6.45, 7) is 9.74. The maximum Gasteiger partial charge on any atom is 0.254 e. The molecule has 0 fully saturated rings. The van der Waals surface area contributed by atoms with Crippen LogP contribution in [0.25, 0.3) is 0 Å². The van der Waals surface area contributed by atoms with Gasteiger partial charge in [0.2, 0.25) is 0 Å². The van der Waals surface area contributed by atoms with Crippen LogP contribution in [0.15, 0.2) is 24.3 Å². The molecule has 0 aromatic heterocycles. The largest absolute Gasteiger partial charge is 0.394 e. The number of hydrogen-bond donors (Lipinski definition) is 1. The summed E-state index contributed by atoms with van der Waals surface area (Å²) in [5.74, 6) is -0.0739. The molecule has 4 nitrogen and oxygen atoms in total. The van der Waals surface area contributed by atoms with Crippen LogP contribution in [-0.4, -0.2) is 48.2 Å². The molecule has 0 unspecified atom stereocenters. The highest BCUT2D eigenvalue weighted by molar-refractivity contribution is 5.94.